The Bertz CT molecular complexity index is 186. The zero-order valence-electron chi connectivity index (χ0n) is 10.3. The van der Waals surface area contributed by atoms with Crippen molar-refractivity contribution in [1.82, 2.24) is 5.32 Å². The maximum atomic E-state index is 11.3. The van der Waals surface area contributed by atoms with Crippen LogP contribution in [0.3, 0.4) is 0 Å². The van der Waals surface area contributed by atoms with E-state index in [1.165, 1.54) is 0 Å². The zero-order valence-corrected chi connectivity index (χ0v) is 10.3. The second-order valence-electron chi connectivity index (χ2n) is 4.79. The number of carbonyl (C=O) groups excluding carboxylic acids is 1. The second-order valence-corrected chi connectivity index (χ2v) is 4.79. The van der Waals surface area contributed by atoms with Crippen molar-refractivity contribution in [3.8, 4) is 0 Å². The molecule has 4 nitrogen and oxygen atoms in total. The van der Waals surface area contributed by atoms with Crippen molar-refractivity contribution in [2.45, 2.75) is 52.2 Å². The van der Waals surface area contributed by atoms with Crippen molar-refractivity contribution in [2.75, 3.05) is 13.2 Å². The first kappa shape index (κ1) is 14.4. The Morgan fingerprint density at radius 2 is 2.07 bits per heavy atom. The van der Waals surface area contributed by atoms with E-state index in [1.54, 1.807) is 0 Å². The summed E-state index contributed by atoms with van der Waals surface area (Å²) in [5.41, 5.74) is 5.29. The fraction of sp³-hybridized carbons (Fsp3) is 0.909. The summed E-state index contributed by atoms with van der Waals surface area (Å²) in [5, 5.41) is 2.81. The predicted octanol–water partition coefficient (Wildman–Crippen LogP) is 1.05. The molecule has 0 rings (SSSR count). The van der Waals surface area contributed by atoms with Crippen LogP contribution in [0.5, 0.6) is 0 Å². The molecule has 0 aliphatic rings. The van der Waals surface area contributed by atoms with Crippen molar-refractivity contribution in [1.29, 1.82) is 0 Å². The van der Waals surface area contributed by atoms with Crippen LogP contribution in [0.1, 0.15) is 40.5 Å². The van der Waals surface area contributed by atoms with E-state index in [2.05, 4.69) is 5.32 Å². The average Bonchev–Trinajstić information content (AvgIpc) is 1.99. The summed E-state index contributed by atoms with van der Waals surface area (Å²) < 4.78 is 5.35. The van der Waals surface area contributed by atoms with Crippen molar-refractivity contribution in [3.63, 3.8) is 0 Å². The van der Waals surface area contributed by atoms with Crippen LogP contribution in [0.2, 0.25) is 0 Å². The first-order chi connectivity index (χ1) is 6.81. The van der Waals surface area contributed by atoms with Crippen LogP contribution in [0.25, 0.3) is 0 Å². The minimum atomic E-state index is -0.432. The van der Waals surface area contributed by atoms with Gasteiger partial charge in [-0.05, 0) is 34.1 Å². The van der Waals surface area contributed by atoms with Gasteiger partial charge in [-0.15, -0.1) is 0 Å². The number of carbonyl (C=O) groups is 1. The summed E-state index contributed by atoms with van der Waals surface area (Å²) >= 11 is 0. The van der Waals surface area contributed by atoms with Crippen molar-refractivity contribution >= 4 is 5.91 Å². The maximum Gasteiger partial charge on any atom is 0.221 e. The minimum absolute atomic E-state index is 0.00652. The zero-order chi connectivity index (χ0) is 11.9. The quantitative estimate of drug-likeness (QED) is 0.625. The van der Waals surface area contributed by atoms with Gasteiger partial charge in [0, 0.05) is 25.1 Å². The topological polar surface area (TPSA) is 64.3 Å². The number of hydrogen-bond donors (Lipinski definition) is 2. The molecule has 0 fully saturated rings. The fourth-order valence-corrected chi connectivity index (χ4v) is 1.10. The molecule has 3 N–H and O–H groups in total. The standard InChI is InChI=1S/C11H24N2O2/c1-9(2)15-7-5-6-13-10(14)8-11(3,4)12/h9H,5-8,12H2,1-4H3,(H,13,14). The molecular weight excluding hydrogens is 192 g/mol. The summed E-state index contributed by atoms with van der Waals surface area (Å²) in [5.74, 6) is 0.00652. The van der Waals surface area contributed by atoms with Gasteiger partial charge in [-0.2, -0.15) is 0 Å². The summed E-state index contributed by atoms with van der Waals surface area (Å²) in [6.07, 6.45) is 1.45. The van der Waals surface area contributed by atoms with Gasteiger partial charge in [0.15, 0.2) is 0 Å². The third-order valence-corrected chi connectivity index (χ3v) is 1.71. The van der Waals surface area contributed by atoms with E-state index in [1.807, 2.05) is 27.7 Å². The highest BCUT2D eigenvalue weighted by Gasteiger charge is 2.15. The monoisotopic (exact) mass is 216 g/mol. The van der Waals surface area contributed by atoms with Crippen LogP contribution >= 0.6 is 0 Å². The lowest BCUT2D eigenvalue weighted by Gasteiger charge is -2.17. The van der Waals surface area contributed by atoms with Gasteiger partial charge in [-0.3, -0.25) is 4.79 Å². The first-order valence-corrected chi connectivity index (χ1v) is 5.48. The first-order valence-electron chi connectivity index (χ1n) is 5.48. The van der Waals surface area contributed by atoms with Gasteiger partial charge < -0.3 is 15.8 Å². The van der Waals surface area contributed by atoms with Gasteiger partial charge >= 0.3 is 0 Å². The molecule has 0 bridgehead atoms. The molecule has 90 valence electrons. The molecule has 0 aromatic heterocycles. The van der Waals surface area contributed by atoms with E-state index >= 15 is 0 Å². The van der Waals surface area contributed by atoms with E-state index in [0.717, 1.165) is 6.42 Å². The number of hydrogen-bond acceptors (Lipinski definition) is 3. The third kappa shape index (κ3) is 11.3. The summed E-state index contributed by atoms with van der Waals surface area (Å²) in [7, 11) is 0. The van der Waals surface area contributed by atoms with Crippen LogP contribution in [0.4, 0.5) is 0 Å². The highest BCUT2D eigenvalue weighted by molar-refractivity contribution is 5.76. The van der Waals surface area contributed by atoms with Gasteiger partial charge in [0.25, 0.3) is 0 Å². The molecule has 0 saturated carbocycles. The Labute approximate surface area is 92.6 Å². The number of ether oxygens (including phenoxy) is 1. The van der Waals surface area contributed by atoms with E-state index in [-0.39, 0.29) is 12.0 Å². The summed E-state index contributed by atoms with van der Waals surface area (Å²) in [4.78, 5) is 11.3. The molecule has 0 aromatic rings. The fourth-order valence-electron chi connectivity index (χ4n) is 1.10. The molecule has 0 spiro atoms. The van der Waals surface area contributed by atoms with Gasteiger partial charge in [-0.25, -0.2) is 0 Å². The van der Waals surface area contributed by atoms with Crippen LogP contribution in [-0.2, 0) is 9.53 Å². The Hall–Kier alpha value is -0.610. The molecule has 0 heterocycles. The number of nitrogens with two attached hydrogens (primary N) is 1. The highest BCUT2D eigenvalue weighted by Crippen LogP contribution is 2.02. The van der Waals surface area contributed by atoms with Crippen molar-refractivity contribution in [2.24, 2.45) is 5.73 Å². The third-order valence-electron chi connectivity index (χ3n) is 1.71. The predicted molar refractivity (Wildman–Crippen MR) is 61.6 cm³/mol. The Balaban J connectivity index is 3.40. The van der Waals surface area contributed by atoms with Gasteiger partial charge in [0.1, 0.15) is 0 Å². The SMILES string of the molecule is CC(C)OCCCNC(=O)CC(C)(C)N. The van der Waals surface area contributed by atoms with E-state index < -0.39 is 5.54 Å². The number of rotatable bonds is 7. The van der Waals surface area contributed by atoms with Crippen LogP contribution < -0.4 is 11.1 Å². The molecule has 0 radical (unpaired) electrons. The van der Waals surface area contributed by atoms with Crippen LogP contribution in [0.15, 0.2) is 0 Å². The van der Waals surface area contributed by atoms with E-state index in [9.17, 15) is 4.79 Å². The Morgan fingerprint density at radius 3 is 2.53 bits per heavy atom. The molecule has 1 amide bonds. The molecule has 0 aliphatic heterocycles. The smallest absolute Gasteiger partial charge is 0.221 e. The Kier molecular flexibility index (Phi) is 6.52. The summed E-state index contributed by atoms with van der Waals surface area (Å²) in [6.45, 7) is 9.01. The second kappa shape index (κ2) is 6.80. The lowest BCUT2D eigenvalue weighted by atomic mass is 10.0. The van der Waals surface area contributed by atoms with Crippen molar-refractivity contribution < 1.29 is 9.53 Å². The van der Waals surface area contributed by atoms with Gasteiger partial charge in [-0.1, -0.05) is 0 Å². The van der Waals surface area contributed by atoms with Crippen LogP contribution in [0, 0.1) is 0 Å². The normalized spacial score (nSPS) is 11.9. The van der Waals surface area contributed by atoms with E-state index in [4.69, 9.17) is 10.5 Å². The maximum absolute atomic E-state index is 11.3. The lowest BCUT2D eigenvalue weighted by Crippen LogP contribution is -2.39. The molecular formula is C11H24N2O2. The van der Waals surface area contributed by atoms with Gasteiger partial charge in [0.2, 0.25) is 5.91 Å². The molecule has 0 aromatic carbocycles. The Morgan fingerprint density at radius 1 is 1.47 bits per heavy atom. The molecule has 0 unspecified atom stereocenters. The summed E-state index contributed by atoms with van der Waals surface area (Å²) in [6, 6.07) is 0. The van der Waals surface area contributed by atoms with Crippen LogP contribution in [-0.4, -0.2) is 30.7 Å². The van der Waals surface area contributed by atoms with Crippen molar-refractivity contribution in [3.05, 3.63) is 0 Å². The number of amides is 1. The molecule has 0 saturated heterocycles. The number of nitrogens with one attached hydrogen (secondary N) is 1. The molecule has 4 heteroatoms. The van der Waals surface area contributed by atoms with E-state index in [0.29, 0.717) is 19.6 Å². The van der Waals surface area contributed by atoms with Gasteiger partial charge in [0.05, 0.1) is 6.10 Å². The average molecular weight is 216 g/mol. The molecule has 15 heavy (non-hydrogen) atoms. The minimum Gasteiger partial charge on any atom is -0.379 e. The largest absolute Gasteiger partial charge is 0.379 e. The molecule has 0 aliphatic carbocycles. The molecule has 0 atom stereocenters. The lowest BCUT2D eigenvalue weighted by molar-refractivity contribution is -0.122. The highest BCUT2D eigenvalue weighted by atomic mass is 16.5.